The van der Waals surface area contributed by atoms with Gasteiger partial charge in [0.1, 0.15) is 8.07 Å². The Hall–Kier alpha value is -1.11. The third-order valence-corrected chi connectivity index (χ3v) is 5.17. The molecule has 19 heavy (non-hydrogen) atoms. The Bertz CT molecular complexity index is 465. The second-order valence-electron chi connectivity index (χ2n) is 6.10. The molecular weight excluding hydrogens is 262 g/mol. The summed E-state index contributed by atoms with van der Waals surface area (Å²) >= 11 is 0. The molecule has 0 aromatic carbocycles. The van der Waals surface area contributed by atoms with Gasteiger partial charge in [-0.3, -0.25) is 4.79 Å². The molecular formula is C13H21NO4Si. The fourth-order valence-electron chi connectivity index (χ4n) is 2.31. The van der Waals surface area contributed by atoms with Crippen molar-refractivity contribution >= 4 is 19.4 Å². The molecule has 2 heterocycles. The standard InChI is InChI=1S/C13H21NO4Si/c1-19(2,3)12-5-4-11(18-12)13(17)14-7-10(16)6-9(14)8-15/h4-5,9-10,15-16H,6-8H2,1-3H3/t9-,10-/m0/s1. The molecule has 0 spiro atoms. The van der Waals surface area contributed by atoms with E-state index in [1.807, 2.05) is 6.07 Å². The number of aliphatic hydroxyl groups is 2. The van der Waals surface area contributed by atoms with Crippen LogP contribution < -0.4 is 5.38 Å². The fraction of sp³-hybridized carbons (Fsp3) is 0.615. The Morgan fingerprint density at radius 1 is 1.47 bits per heavy atom. The van der Waals surface area contributed by atoms with Crippen LogP contribution in [0.3, 0.4) is 0 Å². The third-order valence-electron chi connectivity index (χ3n) is 3.42. The van der Waals surface area contributed by atoms with E-state index in [2.05, 4.69) is 19.6 Å². The minimum Gasteiger partial charge on any atom is -0.461 e. The van der Waals surface area contributed by atoms with Gasteiger partial charge in [-0.2, -0.15) is 0 Å². The molecule has 1 aliphatic rings. The molecule has 1 amide bonds. The highest BCUT2D eigenvalue weighted by Crippen LogP contribution is 2.20. The normalized spacial score (nSPS) is 23.9. The highest BCUT2D eigenvalue weighted by molar-refractivity contribution is 6.87. The Balaban J connectivity index is 2.18. The Morgan fingerprint density at radius 2 is 2.16 bits per heavy atom. The van der Waals surface area contributed by atoms with Crippen LogP contribution in [0.25, 0.3) is 0 Å². The molecule has 2 rings (SSSR count). The van der Waals surface area contributed by atoms with E-state index >= 15 is 0 Å². The van der Waals surface area contributed by atoms with Gasteiger partial charge in [-0.25, -0.2) is 0 Å². The number of carbonyl (C=O) groups excluding carboxylic acids is 1. The van der Waals surface area contributed by atoms with Crippen LogP contribution >= 0.6 is 0 Å². The lowest BCUT2D eigenvalue weighted by Crippen LogP contribution is -2.39. The molecule has 0 radical (unpaired) electrons. The zero-order chi connectivity index (χ0) is 14.2. The summed E-state index contributed by atoms with van der Waals surface area (Å²) in [5, 5.41) is 19.7. The topological polar surface area (TPSA) is 73.9 Å². The predicted molar refractivity (Wildman–Crippen MR) is 74.2 cm³/mol. The van der Waals surface area contributed by atoms with E-state index in [0.29, 0.717) is 12.2 Å². The number of hydrogen-bond donors (Lipinski definition) is 2. The average molecular weight is 283 g/mol. The molecule has 0 saturated carbocycles. The average Bonchev–Trinajstić information content (AvgIpc) is 2.93. The SMILES string of the molecule is C[Si](C)(C)c1ccc(C(=O)N2C[C@@H](O)C[C@H]2CO)o1. The zero-order valence-electron chi connectivity index (χ0n) is 11.6. The molecule has 6 heteroatoms. The van der Waals surface area contributed by atoms with E-state index < -0.39 is 14.2 Å². The largest absolute Gasteiger partial charge is 0.461 e. The number of aliphatic hydroxyl groups excluding tert-OH is 2. The van der Waals surface area contributed by atoms with Gasteiger partial charge in [0, 0.05) is 6.54 Å². The van der Waals surface area contributed by atoms with Crippen LogP contribution in [0.2, 0.25) is 19.6 Å². The van der Waals surface area contributed by atoms with Crippen LogP contribution in [0.4, 0.5) is 0 Å². The molecule has 1 aliphatic heterocycles. The van der Waals surface area contributed by atoms with Crippen molar-refractivity contribution in [3.63, 3.8) is 0 Å². The highest BCUT2D eigenvalue weighted by atomic mass is 28.3. The van der Waals surface area contributed by atoms with Crippen LogP contribution in [0, 0.1) is 0 Å². The van der Waals surface area contributed by atoms with Crippen LogP contribution in [0.5, 0.6) is 0 Å². The van der Waals surface area contributed by atoms with Crippen LogP contribution in [0.1, 0.15) is 17.0 Å². The van der Waals surface area contributed by atoms with Crippen LogP contribution in [0.15, 0.2) is 16.5 Å². The predicted octanol–water partition coefficient (Wildman–Crippen LogP) is 0.393. The number of amides is 1. The van der Waals surface area contributed by atoms with Gasteiger partial charge < -0.3 is 19.5 Å². The monoisotopic (exact) mass is 283 g/mol. The van der Waals surface area contributed by atoms with E-state index in [9.17, 15) is 15.0 Å². The first kappa shape index (κ1) is 14.3. The minimum atomic E-state index is -1.57. The first-order chi connectivity index (χ1) is 8.82. The smallest absolute Gasteiger partial charge is 0.289 e. The molecule has 2 atom stereocenters. The van der Waals surface area contributed by atoms with Crippen LogP contribution in [-0.4, -0.2) is 54.4 Å². The Labute approximate surface area is 113 Å². The number of rotatable bonds is 3. The third kappa shape index (κ3) is 2.91. The second kappa shape index (κ2) is 5.11. The summed E-state index contributed by atoms with van der Waals surface area (Å²) in [6.45, 7) is 6.57. The fourth-order valence-corrected chi connectivity index (χ4v) is 3.31. The maximum Gasteiger partial charge on any atom is 0.289 e. The van der Waals surface area contributed by atoms with Crippen LogP contribution in [-0.2, 0) is 0 Å². The molecule has 1 fully saturated rings. The van der Waals surface area contributed by atoms with Gasteiger partial charge >= 0.3 is 0 Å². The summed E-state index contributed by atoms with van der Waals surface area (Å²) in [6, 6.07) is 3.23. The summed E-state index contributed by atoms with van der Waals surface area (Å²) in [6.07, 6.45) is -0.142. The summed E-state index contributed by atoms with van der Waals surface area (Å²) in [7, 11) is -1.57. The molecule has 1 aromatic rings. The molecule has 0 unspecified atom stereocenters. The first-order valence-electron chi connectivity index (χ1n) is 6.53. The Kier molecular flexibility index (Phi) is 3.84. The summed E-state index contributed by atoms with van der Waals surface area (Å²) in [5.74, 6) is 0.0464. The van der Waals surface area contributed by atoms with Crippen molar-refractivity contribution in [1.29, 1.82) is 0 Å². The lowest BCUT2D eigenvalue weighted by molar-refractivity contribution is 0.0635. The van der Waals surface area contributed by atoms with E-state index in [1.165, 1.54) is 4.90 Å². The molecule has 0 aliphatic carbocycles. The van der Waals surface area contributed by atoms with Gasteiger partial charge in [0.25, 0.3) is 5.91 Å². The molecule has 1 aromatic heterocycles. The first-order valence-corrected chi connectivity index (χ1v) is 10.0. The summed E-state index contributed by atoms with van der Waals surface area (Å²) < 4.78 is 5.66. The van der Waals surface area contributed by atoms with Crippen molar-refractivity contribution in [3.05, 3.63) is 17.9 Å². The van der Waals surface area contributed by atoms with Crippen molar-refractivity contribution in [1.82, 2.24) is 4.90 Å². The van der Waals surface area contributed by atoms with Crippen molar-refractivity contribution in [3.8, 4) is 0 Å². The number of hydrogen-bond acceptors (Lipinski definition) is 4. The highest BCUT2D eigenvalue weighted by Gasteiger charge is 2.35. The Morgan fingerprint density at radius 3 is 2.68 bits per heavy atom. The number of likely N-dealkylation sites (tertiary alicyclic amines) is 1. The summed E-state index contributed by atoms with van der Waals surface area (Å²) in [5.41, 5.74) is 0. The second-order valence-corrected chi connectivity index (χ2v) is 11.1. The van der Waals surface area contributed by atoms with E-state index in [-0.39, 0.29) is 25.1 Å². The van der Waals surface area contributed by atoms with Gasteiger partial charge in [-0.05, 0) is 18.6 Å². The quantitative estimate of drug-likeness (QED) is 0.787. The van der Waals surface area contributed by atoms with E-state index in [1.54, 1.807) is 6.07 Å². The van der Waals surface area contributed by atoms with Gasteiger partial charge in [-0.15, -0.1) is 0 Å². The molecule has 1 saturated heterocycles. The molecule has 5 nitrogen and oxygen atoms in total. The van der Waals surface area contributed by atoms with E-state index in [0.717, 1.165) is 5.38 Å². The molecule has 106 valence electrons. The van der Waals surface area contributed by atoms with Crippen molar-refractivity contribution < 1.29 is 19.4 Å². The number of furan rings is 1. The van der Waals surface area contributed by atoms with Crippen molar-refractivity contribution in [2.45, 2.75) is 38.2 Å². The van der Waals surface area contributed by atoms with Gasteiger partial charge in [0.15, 0.2) is 5.76 Å². The molecule has 0 bridgehead atoms. The van der Waals surface area contributed by atoms with Crippen molar-refractivity contribution in [2.24, 2.45) is 0 Å². The van der Waals surface area contributed by atoms with Gasteiger partial charge in [0.05, 0.1) is 24.1 Å². The summed E-state index contributed by atoms with van der Waals surface area (Å²) in [4.78, 5) is 13.8. The van der Waals surface area contributed by atoms with E-state index in [4.69, 9.17) is 4.42 Å². The van der Waals surface area contributed by atoms with Gasteiger partial charge in [-0.1, -0.05) is 19.6 Å². The number of nitrogens with zero attached hydrogens (tertiary/aromatic N) is 1. The van der Waals surface area contributed by atoms with Gasteiger partial charge in [0.2, 0.25) is 0 Å². The minimum absolute atomic E-state index is 0.135. The van der Waals surface area contributed by atoms with Crippen molar-refractivity contribution in [2.75, 3.05) is 13.2 Å². The number of β-amino-alcohol motifs (C(OH)–C–C–N with tert-alkyl or cyclic N) is 1. The maximum atomic E-state index is 12.3. The molecule has 2 N–H and O–H groups in total. The lowest BCUT2D eigenvalue weighted by atomic mass is 10.2. The lowest BCUT2D eigenvalue weighted by Gasteiger charge is -2.21. The maximum absolute atomic E-state index is 12.3. The number of carbonyl (C=O) groups is 1. The zero-order valence-corrected chi connectivity index (χ0v) is 12.6.